The molecule has 2 heterocycles. The summed E-state index contributed by atoms with van der Waals surface area (Å²) in [5.41, 5.74) is 0. The number of sulfone groups is 1. The molecule has 0 amide bonds. The van der Waals surface area contributed by atoms with Crippen molar-refractivity contribution in [3.05, 3.63) is 12.2 Å². The Labute approximate surface area is 106 Å². The molecule has 18 heavy (non-hydrogen) atoms. The molecular formula is C11H17N3O3S. The van der Waals surface area contributed by atoms with E-state index in [2.05, 4.69) is 10.1 Å². The molecule has 1 saturated heterocycles. The van der Waals surface area contributed by atoms with Gasteiger partial charge in [0, 0.05) is 12.5 Å². The van der Waals surface area contributed by atoms with Crippen molar-refractivity contribution in [3.8, 4) is 0 Å². The van der Waals surface area contributed by atoms with Crippen molar-refractivity contribution in [2.45, 2.75) is 32.7 Å². The first-order valence-corrected chi connectivity index (χ1v) is 7.94. The molecule has 0 saturated carbocycles. The van der Waals surface area contributed by atoms with E-state index in [0.29, 0.717) is 12.2 Å². The van der Waals surface area contributed by atoms with Crippen LogP contribution in [0.25, 0.3) is 0 Å². The largest absolute Gasteiger partial charge is 0.299 e. The van der Waals surface area contributed by atoms with E-state index in [0.717, 1.165) is 13.0 Å². The molecule has 1 aromatic rings. The third-order valence-electron chi connectivity index (χ3n) is 3.15. The molecule has 0 aromatic carbocycles. The van der Waals surface area contributed by atoms with Gasteiger partial charge < -0.3 is 0 Å². The smallest absolute Gasteiger partial charge is 0.151 e. The second-order valence-corrected chi connectivity index (χ2v) is 6.87. The Hall–Kier alpha value is -1.24. The molecule has 0 radical (unpaired) electrons. The van der Waals surface area contributed by atoms with Crippen LogP contribution in [0.4, 0.5) is 0 Å². The van der Waals surface area contributed by atoms with E-state index in [-0.39, 0.29) is 29.6 Å². The Balaban J connectivity index is 2.01. The molecule has 1 fully saturated rings. The summed E-state index contributed by atoms with van der Waals surface area (Å²) in [5.74, 6) is 0.355. The highest BCUT2D eigenvalue weighted by Gasteiger charge is 2.33. The Morgan fingerprint density at radius 1 is 1.56 bits per heavy atom. The molecule has 1 aromatic heterocycles. The number of ketones is 1. The summed E-state index contributed by atoms with van der Waals surface area (Å²) >= 11 is 0. The van der Waals surface area contributed by atoms with Crippen LogP contribution >= 0.6 is 0 Å². The highest BCUT2D eigenvalue weighted by molar-refractivity contribution is 7.91. The minimum atomic E-state index is -3.00. The minimum absolute atomic E-state index is 0.00620. The average Bonchev–Trinajstić information content (AvgIpc) is 2.86. The van der Waals surface area contributed by atoms with E-state index in [1.165, 1.54) is 6.33 Å². The molecule has 1 atom stereocenters. The summed E-state index contributed by atoms with van der Waals surface area (Å²) < 4.78 is 24.4. The monoisotopic (exact) mass is 271 g/mol. The van der Waals surface area contributed by atoms with Crippen molar-refractivity contribution in [1.82, 2.24) is 14.8 Å². The number of nitrogens with zero attached hydrogens (tertiary/aromatic N) is 3. The maximum atomic E-state index is 12.0. The van der Waals surface area contributed by atoms with Gasteiger partial charge in [-0.2, -0.15) is 5.10 Å². The summed E-state index contributed by atoms with van der Waals surface area (Å²) in [6.07, 6.45) is 2.98. The van der Waals surface area contributed by atoms with E-state index in [1.54, 1.807) is 4.68 Å². The molecule has 1 aliphatic rings. The lowest BCUT2D eigenvalue weighted by Gasteiger charge is -2.07. The quantitative estimate of drug-likeness (QED) is 0.766. The van der Waals surface area contributed by atoms with Crippen LogP contribution in [0.5, 0.6) is 0 Å². The van der Waals surface area contributed by atoms with Crippen LogP contribution in [0.3, 0.4) is 0 Å². The van der Waals surface area contributed by atoms with Crippen LogP contribution in [0, 0.1) is 5.92 Å². The van der Waals surface area contributed by atoms with E-state index in [9.17, 15) is 13.2 Å². The number of aromatic nitrogens is 3. The van der Waals surface area contributed by atoms with Gasteiger partial charge >= 0.3 is 0 Å². The molecule has 7 heteroatoms. The molecular weight excluding hydrogens is 254 g/mol. The molecule has 2 rings (SSSR count). The van der Waals surface area contributed by atoms with Crippen molar-refractivity contribution in [2.75, 3.05) is 11.5 Å². The van der Waals surface area contributed by atoms with E-state index >= 15 is 0 Å². The predicted octanol–water partition coefficient (Wildman–Crippen LogP) is 0.234. The zero-order valence-corrected chi connectivity index (χ0v) is 11.2. The Kier molecular flexibility index (Phi) is 3.79. The Morgan fingerprint density at radius 2 is 2.33 bits per heavy atom. The summed E-state index contributed by atoms with van der Waals surface area (Å²) in [5, 5.41) is 4.05. The van der Waals surface area contributed by atoms with Crippen molar-refractivity contribution >= 4 is 15.6 Å². The van der Waals surface area contributed by atoms with Gasteiger partial charge in [-0.05, 0) is 12.8 Å². The van der Waals surface area contributed by atoms with Crippen molar-refractivity contribution < 1.29 is 13.2 Å². The third-order valence-corrected chi connectivity index (χ3v) is 4.92. The zero-order valence-electron chi connectivity index (χ0n) is 10.4. The standard InChI is InChI=1S/C11H17N3O3S/c1-2-4-14-11(12-8-13-14)6-10(15)9-3-5-18(16,17)7-9/h8-9H,2-7H2,1H3. The van der Waals surface area contributed by atoms with E-state index in [4.69, 9.17) is 0 Å². The second-order valence-electron chi connectivity index (χ2n) is 4.64. The second kappa shape index (κ2) is 5.17. The number of hydrogen-bond donors (Lipinski definition) is 0. The molecule has 0 aliphatic carbocycles. The normalized spacial score (nSPS) is 22.2. The lowest BCUT2D eigenvalue weighted by Crippen LogP contribution is -2.20. The van der Waals surface area contributed by atoms with Gasteiger partial charge in [-0.3, -0.25) is 4.79 Å². The predicted molar refractivity (Wildman–Crippen MR) is 65.8 cm³/mol. The Bertz CT molecular complexity index is 535. The molecule has 100 valence electrons. The van der Waals surface area contributed by atoms with Crippen LogP contribution in [0.2, 0.25) is 0 Å². The van der Waals surface area contributed by atoms with Gasteiger partial charge in [0.2, 0.25) is 0 Å². The first kappa shape index (κ1) is 13.2. The van der Waals surface area contributed by atoms with Gasteiger partial charge in [0.15, 0.2) is 9.84 Å². The molecule has 6 nitrogen and oxygen atoms in total. The lowest BCUT2D eigenvalue weighted by atomic mass is 10.0. The van der Waals surface area contributed by atoms with Crippen LogP contribution in [-0.2, 0) is 27.6 Å². The van der Waals surface area contributed by atoms with Gasteiger partial charge in [-0.25, -0.2) is 18.1 Å². The highest BCUT2D eigenvalue weighted by Crippen LogP contribution is 2.20. The average molecular weight is 271 g/mol. The number of Topliss-reactive ketones (excluding diaryl/α,β-unsaturated/α-hetero) is 1. The van der Waals surface area contributed by atoms with E-state index in [1.807, 2.05) is 6.92 Å². The first-order chi connectivity index (χ1) is 8.52. The van der Waals surface area contributed by atoms with Gasteiger partial charge in [0.25, 0.3) is 0 Å². The van der Waals surface area contributed by atoms with E-state index < -0.39 is 9.84 Å². The molecule has 1 aliphatic heterocycles. The SMILES string of the molecule is CCCn1ncnc1CC(=O)C1CCS(=O)(=O)C1. The molecule has 0 bridgehead atoms. The number of hydrogen-bond acceptors (Lipinski definition) is 5. The van der Waals surface area contributed by atoms with Crippen LogP contribution in [-0.4, -0.2) is 40.5 Å². The summed E-state index contributed by atoms with van der Waals surface area (Å²) in [7, 11) is -3.00. The van der Waals surface area contributed by atoms with Gasteiger partial charge in [-0.1, -0.05) is 6.92 Å². The number of carbonyl (C=O) groups is 1. The van der Waals surface area contributed by atoms with Gasteiger partial charge in [0.1, 0.15) is 17.9 Å². The van der Waals surface area contributed by atoms with Crippen molar-refractivity contribution in [2.24, 2.45) is 5.92 Å². The van der Waals surface area contributed by atoms with Gasteiger partial charge in [-0.15, -0.1) is 0 Å². The zero-order chi connectivity index (χ0) is 13.2. The highest BCUT2D eigenvalue weighted by atomic mass is 32.2. The van der Waals surface area contributed by atoms with Crippen LogP contribution in [0.1, 0.15) is 25.6 Å². The van der Waals surface area contributed by atoms with Gasteiger partial charge in [0.05, 0.1) is 17.9 Å². The number of aryl methyl sites for hydroxylation is 1. The maximum Gasteiger partial charge on any atom is 0.151 e. The number of carbonyl (C=O) groups excluding carboxylic acids is 1. The molecule has 0 N–H and O–H groups in total. The van der Waals surface area contributed by atoms with Crippen molar-refractivity contribution in [3.63, 3.8) is 0 Å². The summed E-state index contributed by atoms with van der Waals surface area (Å²) in [4.78, 5) is 16.1. The number of rotatable bonds is 5. The van der Waals surface area contributed by atoms with Crippen LogP contribution in [0.15, 0.2) is 6.33 Å². The minimum Gasteiger partial charge on any atom is -0.299 e. The topological polar surface area (TPSA) is 81.9 Å². The summed E-state index contributed by atoms with van der Waals surface area (Å²) in [6.45, 7) is 2.75. The maximum absolute atomic E-state index is 12.0. The summed E-state index contributed by atoms with van der Waals surface area (Å²) in [6, 6.07) is 0. The van der Waals surface area contributed by atoms with Crippen molar-refractivity contribution in [1.29, 1.82) is 0 Å². The fourth-order valence-electron chi connectivity index (χ4n) is 2.17. The molecule has 1 unspecified atom stereocenters. The Morgan fingerprint density at radius 3 is 2.94 bits per heavy atom. The fourth-order valence-corrected chi connectivity index (χ4v) is 3.95. The fraction of sp³-hybridized carbons (Fsp3) is 0.727. The lowest BCUT2D eigenvalue weighted by molar-refractivity contribution is -0.121. The molecule has 0 spiro atoms. The van der Waals surface area contributed by atoms with Crippen LogP contribution < -0.4 is 0 Å². The first-order valence-electron chi connectivity index (χ1n) is 6.11. The third kappa shape index (κ3) is 2.95.